The smallest absolute Gasteiger partial charge is 0.243 e. The minimum atomic E-state index is -3.78. The highest BCUT2D eigenvalue weighted by Crippen LogP contribution is 2.29. The molecule has 5 nitrogen and oxygen atoms in total. The third kappa shape index (κ3) is 4.48. The molecule has 0 unspecified atom stereocenters. The van der Waals surface area contributed by atoms with Gasteiger partial charge in [0.15, 0.2) is 0 Å². The lowest BCUT2D eigenvalue weighted by atomic mass is 9.98. The fourth-order valence-electron chi connectivity index (χ4n) is 3.91. The summed E-state index contributed by atoms with van der Waals surface area (Å²) in [6.45, 7) is 5.73. The van der Waals surface area contributed by atoms with Gasteiger partial charge in [-0.25, -0.2) is 17.2 Å². The van der Waals surface area contributed by atoms with Gasteiger partial charge in [-0.05, 0) is 56.9 Å². The molecule has 2 aromatic carbocycles. The quantitative estimate of drug-likeness (QED) is 0.812. The average molecular weight is 422 g/mol. The van der Waals surface area contributed by atoms with E-state index in [1.807, 2.05) is 19.1 Å². The first-order valence-corrected chi connectivity index (χ1v) is 10.9. The van der Waals surface area contributed by atoms with E-state index in [-0.39, 0.29) is 17.1 Å². The summed E-state index contributed by atoms with van der Waals surface area (Å²) in [5, 5.41) is 2.39. The molecule has 0 aromatic heterocycles. The molecule has 3 rings (SSSR count). The van der Waals surface area contributed by atoms with Crippen LogP contribution in [0.3, 0.4) is 0 Å². The van der Waals surface area contributed by atoms with Gasteiger partial charge in [-0.1, -0.05) is 17.7 Å². The van der Waals surface area contributed by atoms with E-state index in [1.54, 1.807) is 13.8 Å². The minimum Gasteiger partial charge on any atom is -0.323 e. The molecule has 156 valence electrons. The van der Waals surface area contributed by atoms with Crippen LogP contribution in [0.25, 0.3) is 0 Å². The molecule has 8 heteroatoms. The number of nitrogens with zero attached hydrogens (tertiary/aromatic N) is 1. The Balaban J connectivity index is 1.81. The van der Waals surface area contributed by atoms with E-state index in [1.165, 1.54) is 4.31 Å². The van der Waals surface area contributed by atoms with Crippen molar-refractivity contribution in [3.05, 3.63) is 58.7 Å². The van der Waals surface area contributed by atoms with Gasteiger partial charge in [0, 0.05) is 19.2 Å². The van der Waals surface area contributed by atoms with E-state index in [9.17, 15) is 22.0 Å². The molecule has 1 fully saturated rings. The summed E-state index contributed by atoms with van der Waals surface area (Å²) < 4.78 is 55.0. The minimum absolute atomic E-state index is 0.00213. The van der Waals surface area contributed by atoms with Crippen LogP contribution >= 0.6 is 0 Å². The number of nitrogens with one attached hydrogen (secondary N) is 1. The number of hydrogen-bond donors (Lipinski definition) is 1. The van der Waals surface area contributed by atoms with Crippen LogP contribution in [-0.4, -0.2) is 31.7 Å². The number of piperidine rings is 1. The third-order valence-electron chi connectivity index (χ3n) is 5.14. The molecular weight excluding hydrogens is 398 g/mol. The molecular formula is C21H24F2N2O3S. The summed E-state index contributed by atoms with van der Waals surface area (Å²) in [6.07, 6.45) is 0.980. The number of carbonyl (C=O) groups excluding carboxylic acids is 1. The van der Waals surface area contributed by atoms with Crippen LogP contribution in [0.5, 0.6) is 0 Å². The van der Waals surface area contributed by atoms with Gasteiger partial charge in [-0.15, -0.1) is 0 Å². The molecule has 1 amide bonds. The van der Waals surface area contributed by atoms with Gasteiger partial charge < -0.3 is 5.32 Å². The van der Waals surface area contributed by atoms with Crippen molar-refractivity contribution in [3.63, 3.8) is 0 Å². The molecule has 0 saturated carbocycles. The monoisotopic (exact) mass is 422 g/mol. The zero-order valence-corrected chi connectivity index (χ0v) is 17.4. The maximum Gasteiger partial charge on any atom is 0.243 e. The number of anilines is 1. The van der Waals surface area contributed by atoms with Gasteiger partial charge in [0.05, 0.1) is 16.5 Å². The highest BCUT2D eigenvalue weighted by atomic mass is 32.2. The number of benzene rings is 2. The maximum atomic E-state index is 13.8. The Hall–Kier alpha value is -2.32. The average Bonchev–Trinajstić information content (AvgIpc) is 2.63. The molecule has 1 atom stereocenters. The molecule has 0 spiro atoms. The second-order valence-corrected chi connectivity index (χ2v) is 9.42. The Morgan fingerprint density at radius 3 is 2.41 bits per heavy atom. The van der Waals surface area contributed by atoms with E-state index < -0.39 is 33.5 Å². The lowest BCUT2D eigenvalue weighted by Crippen LogP contribution is -2.44. The zero-order valence-electron chi connectivity index (χ0n) is 16.6. The summed E-state index contributed by atoms with van der Waals surface area (Å²) in [7, 11) is -3.78. The molecule has 1 N–H and O–H groups in total. The molecule has 0 radical (unpaired) electrons. The summed E-state index contributed by atoms with van der Waals surface area (Å²) in [5.74, 6) is -2.58. The Morgan fingerprint density at radius 1 is 1.10 bits per heavy atom. The maximum absolute atomic E-state index is 13.8. The van der Waals surface area contributed by atoms with Crippen molar-refractivity contribution in [1.29, 1.82) is 0 Å². The SMILES string of the molecule is Cc1cc(C)c(S(=O)(=O)N2CCC[C@@H](C(=O)Nc3cc(F)ccc3F)C2)c(C)c1. The first-order valence-electron chi connectivity index (χ1n) is 9.43. The van der Waals surface area contributed by atoms with Crippen LogP contribution in [0.4, 0.5) is 14.5 Å². The number of aryl methyl sites for hydroxylation is 3. The van der Waals surface area contributed by atoms with Gasteiger partial charge in [-0.3, -0.25) is 4.79 Å². The fraction of sp³-hybridized carbons (Fsp3) is 0.381. The van der Waals surface area contributed by atoms with Crippen molar-refractivity contribution < 1.29 is 22.0 Å². The normalized spacial score (nSPS) is 17.9. The van der Waals surface area contributed by atoms with E-state index >= 15 is 0 Å². The van der Waals surface area contributed by atoms with Crippen LogP contribution in [0.15, 0.2) is 35.2 Å². The predicted octanol–water partition coefficient (Wildman–Crippen LogP) is 3.93. The molecule has 1 saturated heterocycles. The fourth-order valence-corrected chi connectivity index (χ4v) is 5.84. The Labute approximate surface area is 169 Å². The summed E-state index contributed by atoms with van der Waals surface area (Å²) >= 11 is 0. The van der Waals surface area contributed by atoms with Crippen LogP contribution < -0.4 is 5.32 Å². The van der Waals surface area contributed by atoms with Gasteiger partial charge in [0.25, 0.3) is 0 Å². The number of carbonyl (C=O) groups is 1. The highest BCUT2D eigenvalue weighted by Gasteiger charge is 2.35. The van der Waals surface area contributed by atoms with Crippen LogP contribution in [0.1, 0.15) is 29.5 Å². The van der Waals surface area contributed by atoms with Crippen LogP contribution in [0.2, 0.25) is 0 Å². The predicted molar refractivity (Wildman–Crippen MR) is 107 cm³/mol. The number of amides is 1. The number of halogens is 2. The van der Waals surface area contributed by atoms with Gasteiger partial charge >= 0.3 is 0 Å². The highest BCUT2D eigenvalue weighted by molar-refractivity contribution is 7.89. The molecule has 0 aliphatic carbocycles. The van der Waals surface area contributed by atoms with Gasteiger partial charge in [-0.2, -0.15) is 4.31 Å². The molecule has 29 heavy (non-hydrogen) atoms. The zero-order chi connectivity index (χ0) is 21.3. The Bertz CT molecular complexity index is 1030. The van der Waals surface area contributed by atoms with E-state index in [0.717, 1.165) is 23.8 Å². The van der Waals surface area contributed by atoms with Crippen molar-refractivity contribution in [3.8, 4) is 0 Å². The van der Waals surface area contributed by atoms with Crippen molar-refractivity contribution >= 4 is 21.6 Å². The second-order valence-electron chi connectivity index (χ2n) is 7.54. The molecule has 2 aromatic rings. The first kappa shape index (κ1) is 21.4. The lowest BCUT2D eigenvalue weighted by molar-refractivity contribution is -0.120. The van der Waals surface area contributed by atoms with Crippen molar-refractivity contribution in [2.24, 2.45) is 5.92 Å². The molecule has 1 aliphatic rings. The summed E-state index contributed by atoms with van der Waals surface area (Å²) in [4.78, 5) is 12.9. The largest absolute Gasteiger partial charge is 0.323 e. The van der Waals surface area contributed by atoms with Crippen molar-refractivity contribution in [2.45, 2.75) is 38.5 Å². The standard InChI is InChI=1S/C21H24F2N2O3S/c1-13-9-14(2)20(15(3)10-13)29(27,28)25-8-4-5-16(12-25)21(26)24-19-11-17(22)6-7-18(19)23/h6-7,9-11,16H,4-5,8,12H2,1-3H3,(H,24,26)/t16-/m1/s1. The third-order valence-corrected chi connectivity index (χ3v) is 7.32. The van der Waals surface area contributed by atoms with Crippen molar-refractivity contribution in [1.82, 2.24) is 4.31 Å². The van der Waals surface area contributed by atoms with Crippen molar-refractivity contribution in [2.75, 3.05) is 18.4 Å². The second kappa shape index (κ2) is 8.20. The van der Waals surface area contributed by atoms with Gasteiger partial charge in [0.1, 0.15) is 11.6 Å². The van der Waals surface area contributed by atoms with Gasteiger partial charge in [0.2, 0.25) is 15.9 Å². The first-order chi connectivity index (χ1) is 13.6. The number of sulfonamides is 1. The Kier molecular flexibility index (Phi) is 6.05. The summed E-state index contributed by atoms with van der Waals surface area (Å²) in [6, 6.07) is 6.45. The van der Waals surface area contributed by atoms with E-state index in [2.05, 4.69) is 5.32 Å². The van der Waals surface area contributed by atoms with Crippen LogP contribution in [-0.2, 0) is 14.8 Å². The van der Waals surface area contributed by atoms with Crippen LogP contribution in [0, 0.1) is 38.3 Å². The lowest BCUT2D eigenvalue weighted by Gasteiger charge is -2.32. The molecule has 0 bridgehead atoms. The number of hydrogen-bond acceptors (Lipinski definition) is 3. The van der Waals surface area contributed by atoms with E-state index in [4.69, 9.17) is 0 Å². The number of rotatable bonds is 4. The summed E-state index contributed by atoms with van der Waals surface area (Å²) in [5.41, 5.74) is 2.05. The topological polar surface area (TPSA) is 66.5 Å². The van der Waals surface area contributed by atoms with E-state index in [0.29, 0.717) is 30.5 Å². The molecule has 1 aliphatic heterocycles. The Morgan fingerprint density at radius 2 is 1.76 bits per heavy atom. The molecule has 1 heterocycles.